The van der Waals surface area contributed by atoms with Gasteiger partial charge in [-0.25, -0.2) is 0 Å². The molecule has 7 heteroatoms. The Hall–Kier alpha value is -3.06. The summed E-state index contributed by atoms with van der Waals surface area (Å²) in [5.41, 5.74) is 1.60. The van der Waals surface area contributed by atoms with Gasteiger partial charge in [-0.05, 0) is 35.7 Å². The third-order valence-electron chi connectivity index (χ3n) is 3.70. The Morgan fingerprint density at radius 3 is 3.00 bits per heavy atom. The van der Waals surface area contributed by atoms with Crippen molar-refractivity contribution in [2.24, 2.45) is 0 Å². The molecular weight excluding hydrogens is 336 g/mol. The molecule has 0 radical (unpaired) electrons. The molecular formula is C18H14N4O2S. The lowest BCUT2D eigenvalue weighted by atomic mass is 10.1. The number of aromatic nitrogens is 3. The van der Waals surface area contributed by atoms with Gasteiger partial charge in [0.15, 0.2) is 0 Å². The number of amides is 1. The van der Waals surface area contributed by atoms with Crippen molar-refractivity contribution in [2.45, 2.75) is 12.8 Å². The van der Waals surface area contributed by atoms with E-state index in [1.165, 1.54) is 0 Å². The number of fused-ring (bicyclic) bond motifs is 1. The summed E-state index contributed by atoms with van der Waals surface area (Å²) in [4.78, 5) is 21.8. The predicted octanol–water partition coefficient (Wildman–Crippen LogP) is 3.92. The number of benzene rings is 1. The number of hydrogen-bond donors (Lipinski definition) is 1. The molecule has 0 bridgehead atoms. The van der Waals surface area contributed by atoms with E-state index >= 15 is 0 Å². The maximum atomic E-state index is 12.2. The van der Waals surface area contributed by atoms with Crippen molar-refractivity contribution in [3.63, 3.8) is 0 Å². The van der Waals surface area contributed by atoms with Crippen LogP contribution < -0.4 is 5.32 Å². The minimum absolute atomic E-state index is 0.104. The summed E-state index contributed by atoms with van der Waals surface area (Å²) in [7, 11) is 0. The van der Waals surface area contributed by atoms with Gasteiger partial charge in [-0.3, -0.25) is 9.78 Å². The Morgan fingerprint density at radius 2 is 2.12 bits per heavy atom. The maximum absolute atomic E-state index is 12.2. The molecule has 4 aromatic rings. The summed E-state index contributed by atoms with van der Waals surface area (Å²) in [6.45, 7) is 0. The number of aryl methyl sites for hydroxylation is 1. The van der Waals surface area contributed by atoms with Gasteiger partial charge in [0.05, 0.1) is 16.1 Å². The van der Waals surface area contributed by atoms with Gasteiger partial charge in [-0.15, -0.1) is 11.3 Å². The fourth-order valence-corrected chi connectivity index (χ4v) is 3.16. The van der Waals surface area contributed by atoms with Gasteiger partial charge in [0, 0.05) is 24.4 Å². The minimum Gasteiger partial charge on any atom is -0.339 e. The van der Waals surface area contributed by atoms with Crippen molar-refractivity contribution < 1.29 is 9.32 Å². The first kappa shape index (κ1) is 15.5. The Balaban J connectivity index is 1.41. The van der Waals surface area contributed by atoms with Gasteiger partial charge < -0.3 is 9.84 Å². The molecule has 0 spiro atoms. The van der Waals surface area contributed by atoms with Crippen LogP contribution in [0.2, 0.25) is 0 Å². The van der Waals surface area contributed by atoms with Crippen LogP contribution in [-0.4, -0.2) is 21.0 Å². The monoisotopic (exact) mass is 350 g/mol. The molecule has 1 aromatic carbocycles. The van der Waals surface area contributed by atoms with E-state index in [0.717, 1.165) is 21.5 Å². The second kappa shape index (κ2) is 6.82. The quantitative estimate of drug-likeness (QED) is 0.590. The molecule has 1 amide bonds. The molecule has 124 valence electrons. The lowest BCUT2D eigenvalue weighted by Crippen LogP contribution is -2.12. The molecule has 0 fully saturated rings. The first-order valence-electron chi connectivity index (χ1n) is 7.80. The predicted molar refractivity (Wildman–Crippen MR) is 96.3 cm³/mol. The Bertz CT molecular complexity index is 1010. The third kappa shape index (κ3) is 3.41. The molecule has 4 rings (SSSR count). The van der Waals surface area contributed by atoms with Crippen LogP contribution >= 0.6 is 11.3 Å². The van der Waals surface area contributed by atoms with Crippen molar-refractivity contribution in [1.82, 2.24) is 15.1 Å². The number of carbonyl (C=O) groups excluding carboxylic acids is 1. The first-order valence-corrected chi connectivity index (χ1v) is 8.67. The van der Waals surface area contributed by atoms with Crippen molar-refractivity contribution in [1.29, 1.82) is 0 Å². The lowest BCUT2D eigenvalue weighted by molar-refractivity contribution is -0.116. The van der Waals surface area contributed by atoms with E-state index in [0.29, 0.717) is 18.1 Å². The molecule has 3 aromatic heterocycles. The normalized spacial score (nSPS) is 10.9. The molecule has 25 heavy (non-hydrogen) atoms. The number of rotatable bonds is 5. The van der Waals surface area contributed by atoms with Gasteiger partial charge >= 0.3 is 0 Å². The number of nitrogens with one attached hydrogen (secondary N) is 1. The van der Waals surface area contributed by atoms with Crippen molar-refractivity contribution in [3.05, 3.63) is 59.9 Å². The van der Waals surface area contributed by atoms with E-state index in [9.17, 15) is 4.79 Å². The van der Waals surface area contributed by atoms with Crippen LogP contribution in [0.5, 0.6) is 0 Å². The van der Waals surface area contributed by atoms with Gasteiger partial charge in [0.2, 0.25) is 17.6 Å². The van der Waals surface area contributed by atoms with Crippen LogP contribution in [0.25, 0.3) is 21.6 Å². The average molecular weight is 350 g/mol. The van der Waals surface area contributed by atoms with Crippen LogP contribution in [0.15, 0.2) is 58.6 Å². The summed E-state index contributed by atoms with van der Waals surface area (Å²) >= 11 is 1.55. The molecule has 6 nitrogen and oxygen atoms in total. The number of hydrogen-bond acceptors (Lipinski definition) is 6. The Morgan fingerprint density at radius 1 is 1.16 bits per heavy atom. The summed E-state index contributed by atoms with van der Waals surface area (Å²) in [6, 6.07) is 13.3. The molecule has 0 atom stereocenters. The molecule has 0 saturated heterocycles. The van der Waals surface area contributed by atoms with Crippen LogP contribution in [-0.2, 0) is 11.2 Å². The zero-order chi connectivity index (χ0) is 17.1. The van der Waals surface area contributed by atoms with Crippen LogP contribution in [0.1, 0.15) is 12.3 Å². The smallest absolute Gasteiger partial charge is 0.227 e. The zero-order valence-corrected chi connectivity index (χ0v) is 14.0. The van der Waals surface area contributed by atoms with E-state index in [-0.39, 0.29) is 12.3 Å². The number of carbonyl (C=O) groups is 1. The highest BCUT2D eigenvalue weighted by molar-refractivity contribution is 7.13. The highest BCUT2D eigenvalue weighted by Crippen LogP contribution is 2.23. The highest BCUT2D eigenvalue weighted by Gasteiger charge is 2.12. The van der Waals surface area contributed by atoms with Gasteiger partial charge in [-0.2, -0.15) is 4.98 Å². The number of pyridine rings is 1. The van der Waals surface area contributed by atoms with Crippen LogP contribution in [0.3, 0.4) is 0 Å². The lowest BCUT2D eigenvalue weighted by Gasteiger charge is -2.07. The average Bonchev–Trinajstić information content (AvgIpc) is 3.32. The molecule has 0 saturated carbocycles. The fraction of sp³-hybridized carbons (Fsp3) is 0.111. The van der Waals surface area contributed by atoms with E-state index < -0.39 is 0 Å². The van der Waals surface area contributed by atoms with Crippen molar-refractivity contribution in [3.8, 4) is 10.7 Å². The summed E-state index contributed by atoms with van der Waals surface area (Å²) in [6.07, 6.45) is 2.39. The number of thiophene rings is 1. The topological polar surface area (TPSA) is 80.9 Å². The molecule has 0 aliphatic carbocycles. The van der Waals surface area contributed by atoms with Gasteiger partial charge in [0.1, 0.15) is 0 Å². The van der Waals surface area contributed by atoms with Crippen molar-refractivity contribution in [2.75, 3.05) is 5.32 Å². The standard InChI is InChI=1S/C18H14N4O2S/c23-16(20-14-6-1-5-13-12(14)4-2-10-19-13)8-9-17-21-18(22-24-17)15-7-3-11-25-15/h1-7,10-11H,8-9H2,(H,20,23). The summed E-state index contributed by atoms with van der Waals surface area (Å²) < 4.78 is 5.21. The Labute approximate surface area is 147 Å². The van der Waals surface area contributed by atoms with Gasteiger partial charge in [0.25, 0.3) is 0 Å². The largest absolute Gasteiger partial charge is 0.339 e. The molecule has 0 aliphatic rings. The van der Waals surface area contributed by atoms with Gasteiger partial charge in [-0.1, -0.05) is 17.3 Å². The third-order valence-corrected chi connectivity index (χ3v) is 4.56. The van der Waals surface area contributed by atoms with E-state index in [2.05, 4.69) is 20.4 Å². The van der Waals surface area contributed by atoms with E-state index in [4.69, 9.17) is 4.52 Å². The number of nitrogens with zero attached hydrogens (tertiary/aromatic N) is 3. The molecule has 0 aliphatic heterocycles. The first-order chi connectivity index (χ1) is 12.3. The Kier molecular flexibility index (Phi) is 4.22. The highest BCUT2D eigenvalue weighted by atomic mass is 32.1. The molecule has 0 unspecified atom stereocenters. The summed E-state index contributed by atoms with van der Waals surface area (Å²) in [5, 5.41) is 9.74. The second-order valence-electron chi connectivity index (χ2n) is 5.41. The minimum atomic E-state index is -0.104. The molecule has 3 heterocycles. The van der Waals surface area contributed by atoms with Crippen LogP contribution in [0, 0.1) is 0 Å². The summed E-state index contributed by atoms with van der Waals surface area (Å²) in [5.74, 6) is 0.913. The van der Waals surface area contributed by atoms with E-state index in [1.54, 1.807) is 17.5 Å². The maximum Gasteiger partial charge on any atom is 0.227 e. The zero-order valence-electron chi connectivity index (χ0n) is 13.2. The fourth-order valence-electron chi connectivity index (χ4n) is 2.51. The second-order valence-corrected chi connectivity index (χ2v) is 6.36. The SMILES string of the molecule is O=C(CCc1nc(-c2cccs2)no1)Nc1cccc2ncccc12. The van der Waals surface area contributed by atoms with E-state index in [1.807, 2.05) is 47.8 Å². The molecule has 1 N–H and O–H groups in total. The van der Waals surface area contributed by atoms with Crippen molar-refractivity contribution >= 4 is 33.8 Å². The van der Waals surface area contributed by atoms with Crippen LogP contribution in [0.4, 0.5) is 5.69 Å². The number of anilines is 1.